The molecule has 0 radical (unpaired) electrons. The molecular formula is C14H18N2O3. The molecule has 19 heavy (non-hydrogen) atoms. The maximum Gasteiger partial charge on any atom is 0.326 e. The van der Waals surface area contributed by atoms with Crippen molar-refractivity contribution in [2.75, 3.05) is 6.54 Å². The van der Waals surface area contributed by atoms with Gasteiger partial charge in [0.1, 0.15) is 6.04 Å². The van der Waals surface area contributed by atoms with Gasteiger partial charge in [-0.15, -0.1) is 0 Å². The van der Waals surface area contributed by atoms with E-state index in [1.165, 1.54) is 0 Å². The SMILES string of the molecule is O=C(O)C(Cc1ccccc1)NC(=O)[C@@H]1CCCN1. The predicted molar refractivity (Wildman–Crippen MR) is 70.7 cm³/mol. The minimum Gasteiger partial charge on any atom is -0.480 e. The van der Waals surface area contributed by atoms with E-state index < -0.39 is 12.0 Å². The Hall–Kier alpha value is -1.88. The van der Waals surface area contributed by atoms with Gasteiger partial charge in [-0.3, -0.25) is 4.79 Å². The van der Waals surface area contributed by atoms with Crippen LogP contribution >= 0.6 is 0 Å². The van der Waals surface area contributed by atoms with Crippen LogP contribution in [0.15, 0.2) is 30.3 Å². The second-order valence-electron chi connectivity index (χ2n) is 4.74. The summed E-state index contributed by atoms with van der Waals surface area (Å²) in [5.74, 6) is -1.23. The van der Waals surface area contributed by atoms with Gasteiger partial charge in [-0.1, -0.05) is 30.3 Å². The van der Waals surface area contributed by atoms with Crippen LogP contribution in [0.4, 0.5) is 0 Å². The second-order valence-corrected chi connectivity index (χ2v) is 4.74. The maximum atomic E-state index is 11.9. The zero-order valence-electron chi connectivity index (χ0n) is 10.6. The minimum atomic E-state index is -1.00. The van der Waals surface area contributed by atoms with E-state index in [0.717, 1.165) is 24.9 Å². The molecule has 1 saturated heterocycles. The van der Waals surface area contributed by atoms with E-state index in [1.54, 1.807) is 0 Å². The summed E-state index contributed by atoms with van der Waals surface area (Å²) in [6.07, 6.45) is 2.02. The zero-order chi connectivity index (χ0) is 13.7. The van der Waals surface area contributed by atoms with Crippen molar-refractivity contribution in [1.29, 1.82) is 0 Å². The normalized spacial score (nSPS) is 19.9. The van der Waals surface area contributed by atoms with Gasteiger partial charge in [0.15, 0.2) is 0 Å². The molecule has 2 atom stereocenters. The summed E-state index contributed by atoms with van der Waals surface area (Å²) >= 11 is 0. The lowest BCUT2D eigenvalue weighted by molar-refractivity contribution is -0.142. The molecule has 0 aliphatic carbocycles. The Bertz CT molecular complexity index is 441. The molecule has 0 aromatic heterocycles. The summed E-state index contributed by atoms with van der Waals surface area (Å²) in [7, 11) is 0. The molecule has 1 unspecified atom stereocenters. The standard InChI is InChI=1S/C14H18N2O3/c17-13(11-7-4-8-15-11)16-12(14(18)19)9-10-5-2-1-3-6-10/h1-3,5-6,11-12,15H,4,7-9H2,(H,16,17)(H,18,19)/t11-,12?/m0/s1. The number of hydrogen-bond donors (Lipinski definition) is 3. The fraction of sp³-hybridized carbons (Fsp3) is 0.429. The van der Waals surface area contributed by atoms with Crippen LogP contribution < -0.4 is 10.6 Å². The average molecular weight is 262 g/mol. The number of aliphatic carboxylic acids is 1. The molecule has 1 aliphatic heterocycles. The molecule has 1 amide bonds. The molecule has 1 heterocycles. The Labute approximate surface area is 112 Å². The monoisotopic (exact) mass is 262 g/mol. The molecule has 1 aromatic carbocycles. The highest BCUT2D eigenvalue weighted by Crippen LogP contribution is 2.07. The van der Waals surface area contributed by atoms with Crippen LogP contribution in [-0.2, 0) is 16.0 Å². The number of rotatable bonds is 5. The van der Waals surface area contributed by atoms with Crippen LogP contribution in [-0.4, -0.2) is 35.6 Å². The molecule has 5 heteroatoms. The van der Waals surface area contributed by atoms with E-state index in [1.807, 2.05) is 30.3 Å². The molecule has 1 aliphatic rings. The summed E-state index contributed by atoms with van der Waals surface area (Å²) in [5, 5.41) is 14.9. The van der Waals surface area contributed by atoms with Crippen molar-refractivity contribution in [3.05, 3.63) is 35.9 Å². The minimum absolute atomic E-state index is 0.221. The number of amides is 1. The number of carboxylic acid groups (broad SMARTS) is 1. The fourth-order valence-corrected chi connectivity index (χ4v) is 2.23. The highest BCUT2D eigenvalue weighted by molar-refractivity contribution is 5.87. The predicted octanol–water partition coefficient (Wildman–Crippen LogP) is 0.550. The van der Waals surface area contributed by atoms with Gasteiger partial charge in [0, 0.05) is 6.42 Å². The summed E-state index contributed by atoms with van der Waals surface area (Å²) in [6, 6.07) is 8.17. The zero-order valence-corrected chi connectivity index (χ0v) is 10.6. The van der Waals surface area contributed by atoms with Gasteiger partial charge in [0.2, 0.25) is 5.91 Å². The molecule has 102 valence electrons. The Morgan fingerprint density at radius 1 is 1.37 bits per heavy atom. The van der Waals surface area contributed by atoms with E-state index >= 15 is 0 Å². The quantitative estimate of drug-likeness (QED) is 0.724. The molecule has 2 rings (SSSR count). The topological polar surface area (TPSA) is 78.4 Å². The molecule has 5 nitrogen and oxygen atoms in total. The number of benzene rings is 1. The van der Waals surface area contributed by atoms with Gasteiger partial charge >= 0.3 is 5.97 Å². The molecule has 0 spiro atoms. The van der Waals surface area contributed by atoms with Crippen LogP contribution in [0.5, 0.6) is 0 Å². The summed E-state index contributed by atoms with van der Waals surface area (Å²) in [6.45, 7) is 0.814. The van der Waals surface area contributed by atoms with Crippen molar-refractivity contribution >= 4 is 11.9 Å². The Morgan fingerprint density at radius 2 is 2.11 bits per heavy atom. The molecule has 1 fully saturated rings. The van der Waals surface area contributed by atoms with E-state index in [9.17, 15) is 14.7 Å². The van der Waals surface area contributed by atoms with E-state index in [4.69, 9.17) is 0 Å². The average Bonchev–Trinajstić information content (AvgIpc) is 2.93. The summed E-state index contributed by atoms with van der Waals surface area (Å²) in [5.41, 5.74) is 0.898. The molecular weight excluding hydrogens is 244 g/mol. The van der Waals surface area contributed by atoms with E-state index in [-0.39, 0.29) is 11.9 Å². The molecule has 0 bridgehead atoms. The van der Waals surface area contributed by atoms with Crippen LogP contribution in [0.1, 0.15) is 18.4 Å². The molecule has 1 aromatic rings. The third-order valence-corrected chi connectivity index (χ3v) is 3.27. The first-order valence-electron chi connectivity index (χ1n) is 6.47. The highest BCUT2D eigenvalue weighted by Gasteiger charge is 2.27. The third-order valence-electron chi connectivity index (χ3n) is 3.27. The maximum absolute atomic E-state index is 11.9. The lowest BCUT2D eigenvalue weighted by Gasteiger charge is -2.17. The van der Waals surface area contributed by atoms with Crippen molar-refractivity contribution in [3.8, 4) is 0 Å². The molecule has 3 N–H and O–H groups in total. The van der Waals surface area contributed by atoms with Gasteiger partial charge in [-0.2, -0.15) is 0 Å². The van der Waals surface area contributed by atoms with E-state index in [0.29, 0.717) is 6.42 Å². The van der Waals surface area contributed by atoms with Crippen LogP contribution in [0.3, 0.4) is 0 Å². The number of carboxylic acids is 1. The first kappa shape index (κ1) is 13.5. The number of hydrogen-bond acceptors (Lipinski definition) is 3. The summed E-state index contributed by atoms with van der Waals surface area (Å²) < 4.78 is 0. The lowest BCUT2D eigenvalue weighted by atomic mass is 10.1. The van der Waals surface area contributed by atoms with Crippen molar-refractivity contribution in [3.63, 3.8) is 0 Å². The lowest BCUT2D eigenvalue weighted by Crippen LogP contribution is -2.49. The highest BCUT2D eigenvalue weighted by atomic mass is 16.4. The van der Waals surface area contributed by atoms with Gasteiger partial charge in [0.25, 0.3) is 0 Å². The first-order chi connectivity index (χ1) is 9.16. The van der Waals surface area contributed by atoms with Crippen molar-refractivity contribution in [1.82, 2.24) is 10.6 Å². The van der Waals surface area contributed by atoms with Gasteiger partial charge in [-0.25, -0.2) is 4.79 Å². The van der Waals surface area contributed by atoms with Crippen molar-refractivity contribution in [2.45, 2.75) is 31.3 Å². The van der Waals surface area contributed by atoms with E-state index in [2.05, 4.69) is 10.6 Å². The van der Waals surface area contributed by atoms with Gasteiger partial charge in [0.05, 0.1) is 6.04 Å². The van der Waals surface area contributed by atoms with Crippen LogP contribution in [0.25, 0.3) is 0 Å². The first-order valence-corrected chi connectivity index (χ1v) is 6.47. The largest absolute Gasteiger partial charge is 0.480 e. The summed E-state index contributed by atoms with van der Waals surface area (Å²) in [4.78, 5) is 23.1. The second kappa shape index (κ2) is 6.33. The fourth-order valence-electron chi connectivity index (χ4n) is 2.23. The molecule has 0 saturated carbocycles. The van der Waals surface area contributed by atoms with Crippen molar-refractivity contribution < 1.29 is 14.7 Å². The van der Waals surface area contributed by atoms with Crippen LogP contribution in [0.2, 0.25) is 0 Å². The number of carbonyl (C=O) groups is 2. The Kier molecular flexibility index (Phi) is 4.52. The third kappa shape index (κ3) is 3.79. The van der Waals surface area contributed by atoms with Gasteiger partial charge < -0.3 is 15.7 Å². The Morgan fingerprint density at radius 3 is 2.68 bits per heavy atom. The van der Waals surface area contributed by atoms with Gasteiger partial charge in [-0.05, 0) is 24.9 Å². The smallest absolute Gasteiger partial charge is 0.326 e. The number of carbonyl (C=O) groups excluding carboxylic acids is 1. The van der Waals surface area contributed by atoms with Crippen LogP contribution in [0, 0.1) is 0 Å². The number of nitrogens with one attached hydrogen (secondary N) is 2. The Balaban J connectivity index is 1.96. The van der Waals surface area contributed by atoms with Crippen molar-refractivity contribution in [2.24, 2.45) is 0 Å².